The normalized spacial score (nSPS) is 15.8. The van der Waals surface area contributed by atoms with Crippen molar-refractivity contribution in [2.45, 2.75) is 26.1 Å². The first kappa shape index (κ1) is 14.3. The standard InChI is InChI=1S/C19H22O2/c1-3-7-17(8-4-1)13-20-15-19(11-12-19)16-21-14-18-9-5-2-6-10-18/h1-10H,11-16H2. The van der Waals surface area contributed by atoms with Crippen LogP contribution < -0.4 is 0 Å². The van der Waals surface area contributed by atoms with Crippen molar-refractivity contribution in [1.82, 2.24) is 0 Å². The van der Waals surface area contributed by atoms with E-state index in [1.807, 2.05) is 12.1 Å². The zero-order chi connectivity index (χ0) is 14.4. The molecule has 2 nitrogen and oxygen atoms in total. The first-order valence-corrected chi connectivity index (χ1v) is 7.60. The van der Waals surface area contributed by atoms with E-state index >= 15 is 0 Å². The number of ether oxygens (including phenoxy) is 2. The van der Waals surface area contributed by atoms with Crippen LogP contribution in [0.1, 0.15) is 24.0 Å². The van der Waals surface area contributed by atoms with E-state index in [1.165, 1.54) is 24.0 Å². The fourth-order valence-electron chi connectivity index (χ4n) is 2.43. The molecule has 1 saturated carbocycles. The predicted octanol–water partition coefficient (Wildman–Crippen LogP) is 4.20. The second-order valence-corrected chi connectivity index (χ2v) is 5.96. The molecule has 2 aromatic rings. The summed E-state index contributed by atoms with van der Waals surface area (Å²) >= 11 is 0. The molecule has 0 heterocycles. The summed E-state index contributed by atoms with van der Waals surface area (Å²) in [5.41, 5.74) is 2.74. The monoisotopic (exact) mass is 282 g/mol. The lowest BCUT2D eigenvalue weighted by Crippen LogP contribution is -2.17. The molecule has 0 N–H and O–H groups in total. The molecule has 2 aromatic carbocycles. The summed E-state index contributed by atoms with van der Waals surface area (Å²) in [4.78, 5) is 0. The SMILES string of the molecule is c1ccc(COCC2(COCc3ccccc3)CC2)cc1. The lowest BCUT2D eigenvalue weighted by Gasteiger charge is -2.16. The van der Waals surface area contributed by atoms with Crippen molar-refractivity contribution < 1.29 is 9.47 Å². The molecule has 110 valence electrons. The minimum atomic E-state index is 0.267. The van der Waals surface area contributed by atoms with Crippen LogP contribution in [0.4, 0.5) is 0 Å². The van der Waals surface area contributed by atoms with Gasteiger partial charge in [0, 0.05) is 5.41 Å². The Morgan fingerprint density at radius 2 is 1.10 bits per heavy atom. The second kappa shape index (κ2) is 6.88. The molecule has 0 unspecified atom stereocenters. The summed E-state index contributed by atoms with van der Waals surface area (Å²) in [6.45, 7) is 3.00. The van der Waals surface area contributed by atoms with Crippen LogP contribution in [0.2, 0.25) is 0 Å². The lowest BCUT2D eigenvalue weighted by molar-refractivity contribution is 0.0155. The number of rotatable bonds is 8. The minimum Gasteiger partial charge on any atom is -0.376 e. The molecular formula is C19H22O2. The summed E-state index contributed by atoms with van der Waals surface area (Å²) in [6, 6.07) is 20.7. The third-order valence-corrected chi connectivity index (χ3v) is 4.00. The van der Waals surface area contributed by atoms with Crippen LogP contribution >= 0.6 is 0 Å². The summed E-state index contributed by atoms with van der Waals surface area (Å²) < 4.78 is 11.7. The molecule has 0 aromatic heterocycles. The van der Waals surface area contributed by atoms with Crippen LogP contribution in [0.5, 0.6) is 0 Å². The molecule has 0 saturated heterocycles. The maximum Gasteiger partial charge on any atom is 0.0717 e. The third-order valence-electron chi connectivity index (χ3n) is 4.00. The van der Waals surface area contributed by atoms with Gasteiger partial charge in [-0.25, -0.2) is 0 Å². The molecule has 1 aliphatic carbocycles. The molecule has 0 radical (unpaired) electrons. The zero-order valence-electron chi connectivity index (χ0n) is 12.3. The number of hydrogen-bond acceptors (Lipinski definition) is 2. The van der Waals surface area contributed by atoms with Crippen LogP contribution in [0.25, 0.3) is 0 Å². The number of benzene rings is 2. The van der Waals surface area contributed by atoms with Crippen LogP contribution in [0.15, 0.2) is 60.7 Å². The van der Waals surface area contributed by atoms with Crippen molar-refractivity contribution in [2.75, 3.05) is 13.2 Å². The van der Waals surface area contributed by atoms with E-state index in [-0.39, 0.29) is 5.41 Å². The van der Waals surface area contributed by atoms with Crippen molar-refractivity contribution in [3.05, 3.63) is 71.8 Å². The first-order valence-electron chi connectivity index (χ1n) is 7.60. The minimum absolute atomic E-state index is 0.267. The van der Waals surface area contributed by atoms with Gasteiger partial charge in [-0.3, -0.25) is 0 Å². The summed E-state index contributed by atoms with van der Waals surface area (Å²) in [6.07, 6.45) is 2.44. The van der Waals surface area contributed by atoms with Gasteiger partial charge in [0.15, 0.2) is 0 Å². The molecule has 21 heavy (non-hydrogen) atoms. The highest BCUT2D eigenvalue weighted by Crippen LogP contribution is 2.46. The van der Waals surface area contributed by atoms with Gasteiger partial charge in [-0.1, -0.05) is 60.7 Å². The highest BCUT2D eigenvalue weighted by molar-refractivity contribution is 5.14. The second-order valence-electron chi connectivity index (χ2n) is 5.96. The summed E-state index contributed by atoms with van der Waals surface area (Å²) in [5.74, 6) is 0. The van der Waals surface area contributed by atoms with E-state index in [1.54, 1.807) is 0 Å². The Labute approximate surface area is 126 Å². The molecule has 2 heteroatoms. The Morgan fingerprint density at radius 3 is 1.48 bits per heavy atom. The van der Waals surface area contributed by atoms with Gasteiger partial charge < -0.3 is 9.47 Å². The smallest absolute Gasteiger partial charge is 0.0717 e. The van der Waals surface area contributed by atoms with Gasteiger partial charge in [-0.15, -0.1) is 0 Å². The Bertz CT molecular complexity index is 485. The Balaban J connectivity index is 1.37. The molecule has 0 spiro atoms. The molecule has 3 rings (SSSR count). The van der Waals surface area contributed by atoms with Gasteiger partial charge in [0.25, 0.3) is 0 Å². The number of hydrogen-bond donors (Lipinski definition) is 0. The quantitative estimate of drug-likeness (QED) is 0.722. The molecule has 0 bridgehead atoms. The highest BCUT2D eigenvalue weighted by Gasteiger charge is 2.43. The average molecular weight is 282 g/mol. The largest absolute Gasteiger partial charge is 0.376 e. The fraction of sp³-hybridized carbons (Fsp3) is 0.368. The van der Waals surface area contributed by atoms with Crippen LogP contribution in [0, 0.1) is 5.41 Å². The van der Waals surface area contributed by atoms with E-state index in [0.717, 1.165) is 13.2 Å². The Hall–Kier alpha value is -1.64. The van der Waals surface area contributed by atoms with E-state index in [9.17, 15) is 0 Å². The Kier molecular flexibility index (Phi) is 4.69. The zero-order valence-corrected chi connectivity index (χ0v) is 12.3. The molecule has 0 amide bonds. The lowest BCUT2D eigenvalue weighted by atomic mass is 10.1. The Morgan fingerprint density at radius 1 is 0.667 bits per heavy atom. The third kappa shape index (κ3) is 4.42. The molecule has 1 fully saturated rings. The van der Waals surface area contributed by atoms with Gasteiger partial charge in [0.05, 0.1) is 26.4 Å². The fourth-order valence-corrected chi connectivity index (χ4v) is 2.43. The summed E-state index contributed by atoms with van der Waals surface area (Å²) in [5, 5.41) is 0. The molecular weight excluding hydrogens is 260 g/mol. The molecule has 0 aliphatic heterocycles. The summed E-state index contributed by atoms with van der Waals surface area (Å²) in [7, 11) is 0. The van der Waals surface area contributed by atoms with Crippen molar-refractivity contribution in [3.8, 4) is 0 Å². The first-order chi connectivity index (χ1) is 10.4. The average Bonchev–Trinajstić information content (AvgIpc) is 3.30. The topological polar surface area (TPSA) is 18.5 Å². The van der Waals surface area contributed by atoms with Crippen molar-refractivity contribution in [1.29, 1.82) is 0 Å². The maximum atomic E-state index is 5.87. The van der Waals surface area contributed by atoms with Gasteiger partial charge in [-0.05, 0) is 24.0 Å². The van der Waals surface area contributed by atoms with E-state index in [2.05, 4.69) is 48.5 Å². The van der Waals surface area contributed by atoms with Gasteiger partial charge in [0.2, 0.25) is 0 Å². The van der Waals surface area contributed by atoms with Crippen LogP contribution in [-0.2, 0) is 22.7 Å². The van der Waals surface area contributed by atoms with Crippen molar-refractivity contribution in [3.63, 3.8) is 0 Å². The van der Waals surface area contributed by atoms with Crippen LogP contribution in [-0.4, -0.2) is 13.2 Å². The molecule has 0 atom stereocenters. The van der Waals surface area contributed by atoms with Gasteiger partial charge in [0.1, 0.15) is 0 Å². The van der Waals surface area contributed by atoms with Gasteiger partial charge >= 0.3 is 0 Å². The van der Waals surface area contributed by atoms with Crippen LogP contribution in [0.3, 0.4) is 0 Å². The van der Waals surface area contributed by atoms with Gasteiger partial charge in [-0.2, -0.15) is 0 Å². The van der Waals surface area contributed by atoms with E-state index in [4.69, 9.17) is 9.47 Å². The van der Waals surface area contributed by atoms with Crippen molar-refractivity contribution in [2.24, 2.45) is 5.41 Å². The van der Waals surface area contributed by atoms with E-state index in [0.29, 0.717) is 13.2 Å². The predicted molar refractivity (Wildman–Crippen MR) is 83.9 cm³/mol. The highest BCUT2D eigenvalue weighted by atomic mass is 16.5. The van der Waals surface area contributed by atoms with Crippen molar-refractivity contribution >= 4 is 0 Å². The molecule has 1 aliphatic rings. The van der Waals surface area contributed by atoms with E-state index < -0.39 is 0 Å². The maximum absolute atomic E-state index is 5.87.